The van der Waals surface area contributed by atoms with E-state index in [1.807, 2.05) is 0 Å². The fraction of sp³-hybridized carbons (Fsp3) is 0.375. The number of aryl methyl sites for hydroxylation is 2. The maximum atomic E-state index is 12.3. The number of fused-ring (bicyclic) bond motifs is 1. The Bertz CT molecular complexity index is 837. The van der Waals surface area contributed by atoms with Crippen LogP contribution in [0, 0.1) is 0 Å². The Morgan fingerprint density at radius 3 is 2.88 bits per heavy atom. The van der Waals surface area contributed by atoms with E-state index >= 15 is 0 Å². The molecule has 24 heavy (non-hydrogen) atoms. The first-order valence-electron chi connectivity index (χ1n) is 7.84. The minimum Gasteiger partial charge on any atom is -0.480 e. The number of nitrogens with one attached hydrogen (secondary N) is 2. The smallest absolute Gasteiger partial charge is 0.325 e. The van der Waals surface area contributed by atoms with E-state index in [2.05, 4.69) is 15.4 Å². The monoisotopic (exact) mass is 330 g/mol. The van der Waals surface area contributed by atoms with Crippen LogP contribution in [-0.4, -0.2) is 31.7 Å². The third-order valence-electron chi connectivity index (χ3n) is 4.01. The van der Waals surface area contributed by atoms with E-state index in [1.165, 1.54) is 16.9 Å². The molecule has 8 nitrogen and oxygen atoms in total. The fourth-order valence-corrected chi connectivity index (χ4v) is 2.86. The van der Waals surface area contributed by atoms with Gasteiger partial charge in [-0.1, -0.05) is 6.42 Å². The third kappa shape index (κ3) is 3.53. The summed E-state index contributed by atoms with van der Waals surface area (Å²) in [7, 11) is 0. The lowest BCUT2D eigenvalue weighted by Gasteiger charge is -2.08. The van der Waals surface area contributed by atoms with Crippen LogP contribution in [0.4, 0.5) is 5.82 Å². The molecule has 1 aliphatic carbocycles. The van der Waals surface area contributed by atoms with Crippen molar-refractivity contribution in [1.82, 2.24) is 14.8 Å². The van der Waals surface area contributed by atoms with E-state index in [4.69, 9.17) is 5.11 Å². The van der Waals surface area contributed by atoms with Gasteiger partial charge in [0.1, 0.15) is 12.1 Å². The van der Waals surface area contributed by atoms with Gasteiger partial charge in [-0.15, -0.1) is 0 Å². The van der Waals surface area contributed by atoms with Gasteiger partial charge in [-0.05, 0) is 37.3 Å². The number of anilines is 1. The van der Waals surface area contributed by atoms with E-state index < -0.39 is 17.4 Å². The van der Waals surface area contributed by atoms with Crippen molar-refractivity contribution in [1.29, 1.82) is 0 Å². The van der Waals surface area contributed by atoms with Crippen LogP contribution in [0.1, 0.15) is 40.9 Å². The molecule has 3 N–H and O–H groups in total. The number of rotatable bonds is 4. The Hall–Kier alpha value is -2.90. The largest absolute Gasteiger partial charge is 0.480 e. The molecule has 0 fully saturated rings. The van der Waals surface area contributed by atoms with Crippen molar-refractivity contribution in [2.45, 2.75) is 38.6 Å². The summed E-state index contributed by atoms with van der Waals surface area (Å²) in [6.07, 6.45) is 6.31. The van der Waals surface area contributed by atoms with Gasteiger partial charge in [-0.3, -0.25) is 19.1 Å². The van der Waals surface area contributed by atoms with Crippen molar-refractivity contribution < 1.29 is 14.7 Å². The second-order valence-electron chi connectivity index (χ2n) is 5.82. The van der Waals surface area contributed by atoms with Crippen LogP contribution in [0.25, 0.3) is 0 Å². The molecule has 0 saturated heterocycles. The van der Waals surface area contributed by atoms with Gasteiger partial charge in [-0.25, -0.2) is 0 Å². The van der Waals surface area contributed by atoms with E-state index in [-0.39, 0.29) is 17.9 Å². The maximum Gasteiger partial charge on any atom is 0.325 e. The number of amides is 1. The highest BCUT2D eigenvalue weighted by Gasteiger charge is 2.17. The first-order chi connectivity index (χ1) is 11.5. The number of aromatic nitrogens is 3. The molecule has 0 spiro atoms. The molecule has 8 heteroatoms. The molecule has 0 bridgehead atoms. The summed E-state index contributed by atoms with van der Waals surface area (Å²) in [5.41, 5.74) is 1.55. The van der Waals surface area contributed by atoms with Crippen LogP contribution < -0.4 is 10.9 Å². The van der Waals surface area contributed by atoms with Gasteiger partial charge < -0.3 is 15.4 Å². The number of carboxylic acids is 1. The minimum absolute atomic E-state index is 0.0448. The van der Waals surface area contributed by atoms with E-state index in [0.29, 0.717) is 0 Å². The van der Waals surface area contributed by atoms with Crippen LogP contribution in [-0.2, 0) is 24.2 Å². The molecule has 126 valence electrons. The van der Waals surface area contributed by atoms with Crippen LogP contribution in [0.3, 0.4) is 0 Å². The number of carbonyl (C=O) groups excluding carboxylic acids is 1. The Kier molecular flexibility index (Phi) is 4.45. The predicted octanol–water partition coefficient (Wildman–Crippen LogP) is 1.18. The van der Waals surface area contributed by atoms with E-state index in [9.17, 15) is 14.4 Å². The molecule has 0 aliphatic heterocycles. The van der Waals surface area contributed by atoms with Crippen molar-refractivity contribution in [3.8, 4) is 0 Å². The summed E-state index contributed by atoms with van der Waals surface area (Å²) >= 11 is 0. The number of aliphatic carboxylic acids is 1. The highest BCUT2D eigenvalue weighted by atomic mass is 16.4. The number of hydrogen-bond acceptors (Lipinski definition) is 4. The fourth-order valence-electron chi connectivity index (χ4n) is 2.86. The van der Waals surface area contributed by atoms with Gasteiger partial charge in [0, 0.05) is 18.0 Å². The van der Waals surface area contributed by atoms with Crippen molar-refractivity contribution in [2.75, 3.05) is 5.32 Å². The van der Waals surface area contributed by atoms with Gasteiger partial charge in [-0.2, -0.15) is 5.10 Å². The summed E-state index contributed by atoms with van der Waals surface area (Å²) in [4.78, 5) is 38.0. The molecule has 3 rings (SSSR count). The van der Waals surface area contributed by atoms with Crippen LogP contribution in [0.2, 0.25) is 0 Å². The van der Waals surface area contributed by atoms with Gasteiger partial charge in [0.05, 0.1) is 0 Å². The molecular weight excluding hydrogens is 312 g/mol. The van der Waals surface area contributed by atoms with Crippen molar-refractivity contribution >= 4 is 17.7 Å². The van der Waals surface area contributed by atoms with Crippen LogP contribution in [0.5, 0.6) is 0 Å². The predicted molar refractivity (Wildman–Crippen MR) is 86.1 cm³/mol. The number of aromatic amines is 1. The third-order valence-corrected chi connectivity index (χ3v) is 4.01. The molecule has 0 unspecified atom stereocenters. The second kappa shape index (κ2) is 6.69. The van der Waals surface area contributed by atoms with Crippen molar-refractivity contribution in [3.05, 3.63) is 45.5 Å². The van der Waals surface area contributed by atoms with E-state index in [1.54, 1.807) is 6.07 Å². The number of nitrogens with zero attached hydrogens (tertiary/aromatic N) is 2. The topological polar surface area (TPSA) is 117 Å². The Morgan fingerprint density at radius 2 is 2.08 bits per heavy atom. The highest BCUT2D eigenvalue weighted by molar-refractivity contribution is 6.03. The zero-order chi connectivity index (χ0) is 17.1. The average molecular weight is 330 g/mol. The van der Waals surface area contributed by atoms with Gasteiger partial charge >= 0.3 is 5.97 Å². The van der Waals surface area contributed by atoms with Gasteiger partial charge in [0.2, 0.25) is 0 Å². The lowest BCUT2D eigenvalue weighted by Crippen LogP contribution is -2.25. The van der Waals surface area contributed by atoms with Gasteiger partial charge in [0.25, 0.3) is 11.5 Å². The molecule has 1 amide bonds. The molecule has 2 aromatic heterocycles. The molecule has 2 heterocycles. The summed E-state index contributed by atoms with van der Waals surface area (Å²) in [6, 6.07) is 3.14. The zero-order valence-electron chi connectivity index (χ0n) is 13.0. The molecule has 2 aromatic rings. The van der Waals surface area contributed by atoms with Crippen molar-refractivity contribution in [2.24, 2.45) is 0 Å². The van der Waals surface area contributed by atoms with Gasteiger partial charge in [0.15, 0.2) is 5.82 Å². The molecule has 0 radical (unpaired) electrons. The molecule has 0 saturated carbocycles. The number of hydrogen-bond donors (Lipinski definition) is 3. The van der Waals surface area contributed by atoms with Crippen molar-refractivity contribution in [3.63, 3.8) is 0 Å². The maximum absolute atomic E-state index is 12.3. The van der Waals surface area contributed by atoms with Crippen LogP contribution >= 0.6 is 0 Å². The normalized spacial score (nSPS) is 13.8. The number of carbonyl (C=O) groups is 2. The number of carboxylic acid groups (broad SMARTS) is 1. The molecule has 1 aliphatic rings. The lowest BCUT2D eigenvalue weighted by atomic mass is 10.1. The minimum atomic E-state index is -1.03. The standard InChI is InChI=1S/C16H18N4O4/c21-14(22)9-20-7-6-13(19-20)18-16(24)11-8-10-4-2-1-3-5-12(10)17-15(11)23/h6-8H,1-5,9H2,(H,17,23)(H,21,22)(H,18,19,24). The zero-order valence-corrected chi connectivity index (χ0v) is 13.0. The lowest BCUT2D eigenvalue weighted by molar-refractivity contribution is -0.137. The Balaban J connectivity index is 1.80. The molecular formula is C16H18N4O4. The Morgan fingerprint density at radius 1 is 1.29 bits per heavy atom. The molecule has 0 aromatic carbocycles. The summed E-state index contributed by atoms with van der Waals surface area (Å²) in [5.74, 6) is -1.38. The average Bonchev–Trinajstić information content (AvgIpc) is 2.81. The quantitative estimate of drug-likeness (QED) is 0.728. The first kappa shape index (κ1) is 16.0. The SMILES string of the molecule is O=C(O)Cn1ccc(NC(=O)c2cc3c([nH]c2=O)CCCCC3)n1. The highest BCUT2D eigenvalue weighted by Crippen LogP contribution is 2.18. The number of H-pyrrole nitrogens is 1. The van der Waals surface area contributed by atoms with Crippen LogP contribution in [0.15, 0.2) is 23.1 Å². The second-order valence-corrected chi connectivity index (χ2v) is 5.82. The number of pyridine rings is 1. The Labute approximate surface area is 137 Å². The summed E-state index contributed by atoms with van der Waals surface area (Å²) in [6.45, 7) is -0.296. The first-order valence-corrected chi connectivity index (χ1v) is 7.84. The summed E-state index contributed by atoms with van der Waals surface area (Å²) in [5, 5.41) is 15.2. The summed E-state index contributed by atoms with van der Waals surface area (Å²) < 4.78 is 1.19. The van der Waals surface area contributed by atoms with E-state index in [0.717, 1.165) is 43.4 Å². The molecule has 0 atom stereocenters.